The summed E-state index contributed by atoms with van der Waals surface area (Å²) in [6, 6.07) is 4.58. The Morgan fingerprint density at radius 3 is 2.67 bits per heavy atom. The number of aryl methyl sites for hydroxylation is 1. The molecule has 0 aliphatic rings. The molecule has 0 aliphatic carbocycles. The van der Waals surface area contributed by atoms with Gasteiger partial charge in [0.2, 0.25) is 5.95 Å². The molecule has 0 radical (unpaired) electrons. The Morgan fingerprint density at radius 1 is 1.33 bits per heavy atom. The molecule has 2 rings (SSSR count). The van der Waals surface area contributed by atoms with Crippen molar-refractivity contribution in [2.45, 2.75) is 0 Å². The zero-order valence-electron chi connectivity index (χ0n) is 8.05. The largest absolute Gasteiger partial charge is 0.504 e. The summed E-state index contributed by atoms with van der Waals surface area (Å²) in [6.07, 6.45) is 0. The van der Waals surface area contributed by atoms with Crippen LogP contribution in [0.3, 0.4) is 0 Å². The molecule has 0 aliphatic heterocycles. The molecule has 0 unspecified atom stereocenters. The first-order valence-corrected chi connectivity index (χ1v) is 4.27. The van der Waals surface area contributed by atoms with Crippen LogP contribution in [0.1, 0.15) is 0 Å². The molecule has 0 amide bonds. The first-order chi connectivity index (χ1) is 7.09. The fourth-order valence-electron chi connectivity index (χ4n) is 1.22. The molecule has 4 N–H and O–H groups in total. The molecular formula is C9H10N4O2. The summed E-state index contributed by atoms with van der Waals surface area (Å²) >= 11 is 0. The zero-order valence-corrected chi connectivity index (χ0v) is 8.05. The number of aromatic nitrogens is 3. The summed E-state index contributed by atoms with van der Waals surface area (Å²) in [5, 5.41) is 22.9. The number of hydrogen-bond donors (Lipinski definition) is 3. The van der Waals surface area contributed by atoms with Crippen LogP contribution in [0.2, 0.25) is 0 Å². The third-order valence-corrected chi connectivity index (χ3v) is 2.05. The lowest BCUT2D eigenvalue weighted by Gasteiger charge is -2.01. The molecule has 0 fully saturated rings. The summed E-state index contributed by atoms with van der Waals surface area (Å²) in [6.45, 7) is 0. The minimum absolute atomic E-state index is 0.210. The molecule has 2 aromatic rings. The molecule has 78 valence electrons. The van der Waals surface area contributed by atoms with E-state index in [2.05, 4.69) is 10.1 Å². The highest BCUT2D eigenvalue weighted by molar-refractivity contribution is 5.68. The average Bonchev–Trinajstić information content (AvgIpc) is 2.51. The van der Waals surface area contributed by atoms with Crippen molar-refractivity contribution in [2.24, 2.45) is 7.05 Å². The second-order valence-electron chi connectivity index (χ2n) is 3.09. The number of nitrogen functional groups attached to an aromatic ring is 1. The van der Waals surface area contributed by atoms with E-state index in [0.29, 0.717) is 5.56 Å². The van der Waals surface area contributed by atoms with Crippen molar-refractivity contribution in [1.29, 1.82) is 0 Å². The molecule has 0 atom stereocenters. The molecule has 1 aromatic heterocycles. The van der Waals surface area contributed by atoms with Gasteiger partial charge in [-0.1, -0.05) is 6.07 Å². The topological polar surface area (TPSA) is 97.2 Å². The molecule has 0 bridgehead atoms. The number of para-hydroxylation sites is 1. The van der Waals surface area contributed by atoms with Crippen molar-refractivity contribution in [3.63, 3.8) is 0 Å². The van der Waals surface area contributed by atoms with Crippen LogP contribution in [-0.4, -0.2) is 25.0 Å². The SMILES string of the molecule is Cn1nc(-c2cccc(O)c2O)nc1N. The van der Waals surface area contributed by atoms with Crippen LogP contribution < -0.4 is 5.73 Å². The van der Waals surface area contributed by atoms with Gasteiger partial charge in [0, 0.05) is 7.05 Å². The summed E-state index contributed by atoms with van der Waals surface area (Å²) in [4.78, 5) is 3.94. The Morgan fingerprint density at radius 2 is 2.07 bits per heavy atom. The number of nitrogens with two attached hydrogens (primary N) is 1. The lowest BCUT2D eigenvalue weighted by atomic mass is 10.2. The van der Waals surface area contributed by atoms with Gasteiger partial charge in [0.1, 0.15) is 0 Å². The minimum atomic E-state index is -0.247. The van der Waals surface area contributed by atoms with Crippen LogP contribution >= 0.6 is 0 Å². The van der Waals surface area contributed by atoms with Crippen LogP contribution in [0.5, 0.6) is 11.5 Å². The van der Waals surface area contributed by atoms with Gasteiger partial charge in [0.15, 0.2) is 17.3 Å². The van der Waals surface area contributed by atoms with Crippen LogP contribution in [0.25, 0.3) is 11.4 Å². The fraction of sp³-hybridized carbons (Fsp3) is 0.111. The van der Waals surface area contributed by atoms with E-state index >= 15 is 0 Å². The van der Waals surface area contributed by atoms with Gasteiger partial charge in [-0.25, -0.2) is 4.68 Å². The van der Waals surface area contributed by atoms with Gasteiger partial charge in [0.05, 0.1) is 5.56 Å². The van der Waals surface area contributed by atoms with E-state index in [-0.39, 0.29) is 23.3 Å². The second-order valence-corrected chi connectivity index (χ2v) is 3.09. The summed E-state index contributed by atoms with van der Waals surface area (Å²) in [5.41, 5.74) is 5.86. The number of rotatable bonds is 1. The van der Waals surface area contributed by atoms with E-state index in [0.717, 1.165) is 0 Å². The maximum Gasteiger partial charge on any atom is 0.218 e. The molecule has 0 saturated heterocycles. The number of phenolic OH excluding ortho intramolecular Hbond substituents is 2. The van der Waals surface area contributed by atoms with Crippen LogP contribution in [0, 0.1) is 0 Å². The monoisotopic (exact) mass is 206 g/mol. The van der Waals surface area contributed by atoms with E-state index in [4.69, 9.17) is 5.73 Å². The summed E-state index contributed by atoms with van der Waals surface area (Å²) < 4.78 is 1.39. The fourth-order valence-corrected chi connectivity index (χ4v) is 1.22. The summed E-state index contributed by atoms with van der Waals surface area (Å²) in [7, 11) is 1.64. The van der Waals surface area contributed by atoms with E-state index in [1.807, 2.05) is 0 Å². The number of nitrogens with zero attached hydrogens (tertiary/aromatic N) is 3. The van der Waals surface area contributed by atoms with Gasteiger partial charge in [-0.05, 0) is 12.1 Å². The normalized spacial score (nSPS) is 10.5. The number of phenols is 2. The van der Waals surface area contributed by atoms with E-state index in [1.165, 1.54) is 10.7 Å². The Kier molecular flexibility index (Phi) is 1.96. The highest BCUT2D eigenvalue weighted by Crippen LogP contribution is 2.34. The van der Waals surface area contributed by atoms with Gasteiger partial charge < -0.3 is 15.9 Å². The first-order valence-electron chi connectivity index (χ1n) is 4.27. The number of aromatic hydroxyl groups is 2. The molecule has 6 nitrogen and oxygen atoms in total. The minimum Gasteiger partial charge on any atom is -0.504 e. The van der Waals surface area contributed by atoms with Crippen LogP contribution in [-0.2, 0) is 7.05 Å². The van der Waals surface area contributed by atoms with Crippen molar-refractivity contribution in [1.82, 2.24) is 14.8 Å². The van der Waals surface area contributed by atoms with Gasteiger partial charge in [-0.2, -0.15) is 4.98 Å². The Bertz CT molecular complexity index is 487. The van der Waals surface area contributed by atoms with E-state index < -0.39 is 0 Å². The predicted molar refractivity (Wildman–Crippen MR) is 54.2 cm³/mol. The lowest BCUT2D eigenvalue weighted by Crippen LogP contribution is -1.97. The van der Waals surface area contributed by atoms with E-state index in [1.54, 1.807) is 19.2 Å². The summed E-state index contributed by atoms with van der Waals surface area (Å²) in [5.74, 6) is 0.0674. The Balaban J connectivity index is 2.59. The molecule has 6 heteroatoms. The highest BCUT2D eigenvalue weighted by Gasteiger charge is 2.13. The third kappa shape index (κ3) is 1.45. The zero-order chi connectivity index (χ0) is 11.0. The maximum absolute atomic E-state index is 9.57. The standard InChI is InChI=1S/C9H10N4O2/c1-13-9(10)11-8(12-13)5-3-2-4-6(14)7(5)15/h2-4,14-15H,1H3,(H2,10,11,12). The predicted octanol–water partition coefficient (Wildman–Crippen LogP) is 0.475. The van der Waals surface area contributed by atoms with Crippen LogP contribution in [0.15, 0.2) is 18.2 Å². The second kappa shape index (κ2) is 3.16. The molecule has 0 spiro atoms. The third-order valence-electron chi connectivity index (χ3n) is 2.05. The van der Waals surface area contributed by atoms with Crippen LogP contribution in [0.4, 0.5) is 5.95 Å². The average molecular weight is 206 g/mol. The number of benzene rings is 1. The first kappa shape index (κ1) is 9.32. The van der Waals surface area contributed by atoms with Crippen molar-refractivity contribution in [2.75, 3.05) is 5.73 Å². The Hall–Kier alpha value is -2.24. The van der Waals surface area contributed by atoms with E-state index in [9.17, 15) is 10.2 Å². The van der Waals surface area contributed by atoms with Gasteiger partial charge >= 0.3 is 0 Å². The molecular weight excluding hydrogens is 196 g/mol. The number of hydrogen-bond acceptors (Lipinski definition) is 5. The molecule has 1 aromatic carbocycles. The quantitative estimate of drug-likeness (QED) is 0.589. The van der Waals surface area contributed by atoms with Crippen molar-refractivity contribution in [3.8, 4) is 22.9 Å². The van der Waals surface area contributed by atoms with Crippen molar-refractivity contribution in [3.05, 3.63) is 18.2 Å². The smallest absolute Gasteiger partial charge is 0.218 e. The van der Waals surface area contributed by atoms with Crippen molar-refractivity contribution < 1.29 is 10.2 Å². The Labute approximate surface area is 85.6 Å². The molecule has 0 saturated carbocycles. The maximum atomic E-state index is 9.57. The van der Waals surface area contributed by atoms with Gasteiger partial charge in [-0.15, -0.1) is 5.10 Å². The van der Waals surface area contributed by atoms with Gasteiger partial charge in [0.25, 0.3) is 0 Å². The molecule has 15 heavy (non-hydrogen) atoms. The molecule has 1 heterocycles. The van der Waals surface area contributed by atoms with Crippen molar-refractivity contribution >= 4 is 5.95 Å². The number of anilines is 1. The lowest BCUT2D eigenvalue weighted by molar-refractivity contribution is 0.405. The van der Waals surface area contributed by atoms with Gasteiger partial charge in [-0.3, -0.25) is 0 Å². The highest BCUT2D eigenvalue weighted by atomic mass is 16.3.